The summed E-state index contributed by atoms with van der Waals surface area (Å²) in [6, 6.07) is 0. The Kier molecular flexibility index (Phi) is 62.6. The number of allylic oxidation sites excluding steroid dienone is 22. The number of ether oxygens (including phenoxy) is 3. The van der Waals surface area contributed by atoms with Crippen molar-refractivity contribution < 1.29 is 75.8 Å². The van der Waals surface area contributed by atoms with E-state index in [4.69, 9.17) is 32.3 Å². The average Bonchev–Trinajstić information content (AvgIpc) is 3.63. The number of hydrogen-bond acceptors (Lipinski definition) is 14. The maximum atomic E-state index is 12.9. The predicted molar refractivity (Wildman–Crippen MR) is 371 cm³/mol. The highest BCUT2D eigenvalue weighted by molar-refractivity contribution is 7.47. The van der Waals surface area contributed by atoms with Crippen LogP contribution in [0, 0.1) is 0 Å². The summed E-state index contributed by atoms with van der Waals surface area (Å²) in [5, 5.41) is 20.6. The Morgan fingerprint density at radius 1 is 0.319 bits per heavy atom. The average molecular weight is 1320 g/mol. The van der Waals surface area contributed by atoms with Gasteiger partial charge in [-0.3, -0.25) is 32.5 Å². The lowest BCUT2D eigenvalue weighted by Crippen LogP contribution is -2.30. The van der Waals surface area contributed by atoms with Crippen molar-refractivity contribution in [1.82, 2.24) is 0 Å². The Hall–Kier alpha value is -4.31. The van der Waals surface area contributed by atoms with Gasteiger partial charge in [0, 0.05) is 19.3 Å². The first-order valence-electron chi connectivity index (χ1n) is 34.5. The Bertz CT molecular complexity index is 2190. The van der Waals surface area contributed by atoms with Crippen LogP contribution in [0.3, 0.4) is 0 Å². The van der Waals surface area contributed by atoms with Crippen molar-refractivity contribution >= 4 is 33.6 Å². The smallest absolute Gasteiger partial charge is 0.463 e. The van der Waals surface area contributed by atoms with E-state index in [0.29, 0.717) is 19.3 Å². The summed E-state index contributed by atoms with van der Waals surface area (Å²) in [4.78, 5) is 58.4. The first kappa shape index (κ1) is 86.7. The largest absolute Gasteiger partial charge is 0.472 e. The Morgan fingerprint density at radius 2 is 0.582 bits per heavy atom. The molecule has 0 aliphatic carbocycles. The zero-order valence-electron chi connectivity index (χ0n) is 56.2. The quantitative estimate of drug-likeness (QED) is 0.0146. The fraction of sp³-hybridized carbons (Fsp3) is 0.658. The van der Waals surface area contributed by atoms with Crippen LogP contribution in [0.25, 0.3) is 0 Å². The predicted octanol–water partition coefficient (Wildman–Crippen LogP) is 19.2. The lowest BCUT2D eigenvalue weighted by atomic mass is 10.1. The third-order valence-corrected chi connectivity index (χ3v) is 15.7. The summed E-state index contributed by atoms with van der Waals surface area (Å²) in [7, 11) is -9.80. The Labute approximate surface area is 550 Å². The molecule has 91 heavy (non-hydrogen) atoms. The zero-order chi connectivity index (χ0) is 66.7. The number of carbonyl (C=O) groups excluding carboxylic acids is 3. The molecule has 0 aliphatic rings. The van der Waals surface area contributed by atoms with Gasteiger partial charge in [0.05, 0.1) is 26.4 Å². The minimum atomic E-state index is -4.94. The maximum absolute atomic E-state index is 12.9. The number of carbonyl (C=O) groups is 3. The number of phosphoric ester groups is 2. The van der Waals surface area contributed by atoms with Crippen LogP contribution < -0.4 is 0 Å². The lowest BCUT2D eigenvalue weighted by molar-refractivity contribution is -0.161. The molecule has 0 radical (unpaired) electrons. The molecule has 0 aromatic rings. The standard InChI is InChI=1S/C73H122O16P2/c1-4-7-10-13-16-19-22-25-28-30-31-32-33-34-35-37-40-41-44-47-50-53-56-59-71(76)83-62-68(74)63-85-90(79,80)86-64-69(75)65-87-91(81,82)88-67-70(89-73(78)61-58-55-52-49-46-43-38-27-24-21-18-15-12-9-6-3)66-84-72(77)60-57-54-51-48-45-42-39-36-29-26-23-20-17-14-11-8-5-2/h7-8,10-11,16-21,25-29,31-32,34-35,38-39,42,68-70,74-75H,4-6,9,12-15,22-24,30,33,36-37,40-41,43-67H2,1-3H3,(H,79,80)(H,81,82)/b10-7-,11-8-,19-16-,20-17-,21-18-,28-25-,29-26-,32-31-,35-34-,38-27-,42-39-. The van der Waals surface area contributed by atoms with E-state index in [-0.39, 0.29) is 19.3 Å². The van der Waals surface area contributed by atoms with E-state index < -0.39 is 91.5 Å². The molecule has 16 nitrogen and oxygen atoms in total. The topological polar surface area (TPSA) is 231 Å². The molecule has 0 rings (SSSR count). The minimum absolute atomic E-state index is 0.0791. The maximum Gasteiger partial charge on any atom is 0.472 e. The van der Waals surface area contributed by atoms with Crippen molar-refractivity contribution in [3.63, 3.8) is 0 Å². The van der Waals surface area contributed by atoms with Gasteiger partial charge in [0.1, 0.15) is 25.4 Å². The molecule has 0 bridgehead atoms. The van der Waals surface area contributed by atoms with Gasteiger partial charge >= 0.3 is 33.6 Å². The molecule has 520 valence electrons. The highest BCUT2D eigenvalue weighted by Crippen LogP contribution is 2.45. The number of aliphatic hydroxyl groups excluding tert-OH is 2. The number of rotatable bonds is 64. The molecule has 0 saturated heterocycles. The number of esters is 3. The van der Waals surface area contributed by atoms with E-state index in [2.05, 4.69) is 154 Å². The van der Waals surface area contributed by atoms with E-state index in [9.17, 15) is 43.5 Å². The first-order chi connectivity index (χ1) is 44.2. The fourth-order valence-electron chi connectivity index (χ4n) is 8.62. The molecule has 0 aromatic carbocycles. The van der Waals surface area contributed by atoms with Crippen LogP contribution in [0.1, 0.15) is 252 Å². The summed E-state index contributed by atoms with van der Waals surface area (Å²) < 4.78 is 60.9. The van der Waals surface area contributed by atoms with Crippen LogP contribution >= 0.6 is 15.6 Å². The lowest BCUT2D eigenvalue weighted by Gasteiger charge is -2.21. The molecule has 0 aromatic heterocycles. The molecule has 4 N–H and O–H groups in total. The van der Waals surface area contributed by atoms with E-state index in [1.807, 2.05) is 0 Å². The van der Waals surface area contributed by atoms with Crippen molar-refractivity contribution in [3.8, 4) is 0 Å². The summed E-state index contributed by atoms with van der Waals surface area (Å²) in [6.45, 7) is 2.34. The van der Waals surface area contributed by atoms with Gasteiger partial charge in [-0.05, 0) is 135 Å². The molecule has 0 heterocycles. The molecule has 0 spiro atoms. The van der Waals surface area contributed by atoms with Crippen molar-refractivity contribution in [3.05, 3.63) is 134 Å². The van der Waals surface area contributed by atoms with E-state index >= 15 is 0 Å². The number of phosphoric acid groups is 2. The number of hydrogen-bond donors (Lipinski definition) is 4. The van der Waals surface area contributed by atoms with Crippen LogP contribution in [0.4, 0.5) is 0 Å². The fourth-order valence-corrected chi connectivity index (χ4v) is 10.2. The van der Waals surface area contributed by atoms with Gasteiger partial charge in [-0.1, -0.05) is 231 Å². The van der Waals surface area contributed by atoms with Gasteiger partial charge in [-0.25, -0.2) is 9.13 Å². The molecule has 5 unspecified atom stereocenters. The Balaban J connectivity index is 4.67. The normalized spacial score (nSPS) is 15.0. The number of aliphatic hydroxyl groups is 2. The molecular formula is C73H122O16P2. The Morgan fingerprint density at radius 3 is 0.923 bits per heavy atom. The van der Waals surface area contributed by atoms with E-state index in [1.54, 1.807) is 0 Å². The molecule has 0 saturated carbocycles. The van der Waals surface area contributed by atoms with Gasteiger partial charge in [-0.15, -0.1) is 0 Å². The van der Waals surface area contributed by atoms with Crippen LogP contribution in [0.2, 0.25) is 0 Å². The van der Waals surface area contributed by atoms with Crippen LogP contribution in [-0.4, -0.2) is 95.9 Å². The second kappa shape index (κ2) is 65.7. The van der Waals surface area contributed by atoms with E-state index in [1.165, 1.54) is 19.3 Å². The second-order valence-electron chi connectivity index (χ2n) is 22.6. The minimum Gasteiger partial charge on any atom is -0.463 e. The summed E-state index contributed by atoms with van der Waals surface area (Å²) in [5.74, 6) is -1.64. The van der Waals surface area contributed by atoms with Gasteiger partial charge in [0.2, 0.25) is 0 Å². The third-order valence-electron chi connectivity index (χ3n) is 13.8. The monoisotopic (exact) mass is 1320 g/mol. The highest BCUT2D eigenvalue weighted by Gasteiger charge is 2.29. The summed E-state index contributed by atoms with van der Waals surface area (Å²) in [5.41, 5.74) is 0. The molecule has 0 amide bonds. The van der Waals surface area contributed by atoms with Crippen LogP contribution in [-0.2, 0) is 55.8 Å². The van der Waals surface area contributed by atoms with Gasteiger partial charge in [0.25, 0.3) is 0 Å². The number of unbranched alkanes of at least 4 members (excludes halogenated alkanes) is 19. The van der Waals surface area contributed by atoms with Crippen LogP contribution in [0.15, 0.2) is 134 Å². The van der Waals surface area contributed by atoms with Crippen molar-refractivity contribution in [1.29, 1.82) is 0 Å². The molecule has 0 aliphatic heterocycles. The molecule has 18 heteroatoms. The highest BCUT2D eigenvalue weighted by atomic mass is 31.2. The van der Waals surface area contributed by atoms with E-state index in [0.717, 1.165) is 173 Å². The summed E-state index contributed by atoms with van der Waals surface area (Å²) >= 11 is 0. The SMILES string of the molecule is CC/C=C\C/C=C\C/C=C\C/C=C\C/C=C\CCCCCCCCCC(=O)OCC(O)COP(=O)(O)OCC(O)COP(=O)(O)OCC(COC(=O)CCCCCC/C=C\C/C=C\C/C=C\C/C=C\CC)OC(=O)CCCCCCC/C=C\C/C=C\CCCCC. The molecular weight excluding hydrogens is 1190 g/mol. The van der Waals surface area contributed by atoms with Crippen molar-refractivity contribution in [2.45, 2.75) is 270 Å². The zero-order valence-corrected chi connectivity index (χ0v) is 58.0. The molecule has 0 fully saturated rings. The van der Waals surface area contributed by atoms with Gasteiger partial charge in [0.15, 0.2) is 6.10 Å². The van der Waals surface area contributed by atoms with Crippen LogP contribution in [0.5, 0.6) is 0 Å². The van der Waals surface area contributed by atoms with Crippen molar-refractivity contribution in [2.75, 3.05) is 39.6 Å². The summed E-state index contributed by atoms with van der Waals surface area (Å²) in [6.07, 6.45) is 76.4. The van der Waals surface area contributed by atoms with Crippen molar-refractivity contribution in [2.24, 2.45) is 0 Å². The van der Waals surface area contributed by atoms with Gasteiger partial charge < -0.3 is 34.2 Å². The van der Waals surface area contributed by atoms with Gasteiger partial charge in [-0.2, -0.15) is 0 Å². The first-order valence-corrected chi connectivity index (χ1v) is 37.5. The molecule has 5 atom stereocenters. The second-order valence-corrected chi connectivity index (χ2v) is 25.5. The third kappa shape index (κ3) is 66.9.